The highest BCUT2D eigenvalue weighted by molar-refractivity contribution is 9.10. The molecule has 0 unspecified atom stereocenters. The van der Waals surface area contributed by atoms with E-state index in [4.69, 9.17) is 4.74 Å². The van der Waals surface area contributed by atoms with Gasteiger partial charge >= 0.3 is 0 Å². The SMILES string of the molecule is CC(C)CNC(=O)c1ccc(COc2cc(F)cc(Br)c2)cn1. The van der Waals surface area contributed by atoms with E-state index in [1.807, 2.05) is 13.8 Å². The van der Waals surface area contributed by atoms with Gasteiger partial charge in [0.05, 0.1) is 0 Å². The number of ether oxygens (including phenoxy) is 1. The van der Waals surface area contributed by atoms with E-state index in [-0.39, 0.29) is 18.3 Å². The summed E-state index contributed by atoms with van der Waals surface area (Å²) in [6.45, 7) is 4.91. The summed E-state index contributed by atoms with van der Waals surface area (Å²) in [5, 5.41) is 2.81. The second-order valence-corrected chi connectivity index (χ2v) is 6.47. The fraction of sp³-hybridized carbons (Fsp3) is 0.294. The third-order valence-corrected chi connectivity index (χ3v) is 3.43. The third-order valence-electron chi connectivity index (χ3n) is 2.97. The van der Waals surface area contributed by atoms with E-state index in [1.165, 1.54) is 12.1 Å². The molecule has 1 aromatic heterocycles. The van der Waals surface area contributed by atoms with Crippen LogP contribution in [0, 0.1) is 11.7 Å². The smallest absolute Gasteiger partial charge is 0.269 e. The molecule has 2 rings (SSSR count). The Bertz CT molecular complexity index is 655. The number of hydrogen-bond donors (Lipinski definition) is 1. The van der Waals surface area contributed by atoms with Crippen molar-refractivity contribution in [3.05, 3.63) is 58.1 Å². The highest BCUT2D eigenvalue weighted by atomic mass is 79.9. The Labute approximate surface area is 143 Å². The second kappa shape index (κ2) is 8.06. The average Bonchev–Trinajstić information content (AvgIpc) is 2.50. The maximum absolute atomic E-state index is 13.3. The van der Waals surface area contributed by atoms with Crippen molar-refractivity contribution < 1.29 is 13.9 Å². The van der Waals surface area contributed by atoms with Crippen LogP contribution in [0.1, 0.15) is 29.9 Å². The monoisotopic (exact) mass is 380 g/mol. The van der Waals surface area contributed by atoms with Crippen LogP contribution >= 0.6 is 15.9 Å². The topological polar surface area (TPSA) is 51.2 Å². The molecule has 0 atom stereocenters. The Balaban J connectivity index is 1.93. The van der Waals surface area contributed by atoms with Crippen molar-refractivity contribution in [1.82, 2.24) is 10.3 Å². The number of amides is 1. The number of rotatable bonds is 6. The van der Waals surface area contributed by atoms with Crippen molar-refractivity contribution in [1.29, 1.82) is 0 Å². The summed E-state index contributed by atoms with van der Waals surface area (Å²) >= 11 is 3.21. The minimum atomic E-state index is -0.371. The molecule has 0 radical (unpaired) electrons. The summed E-state index contributed by atoms with van der Waals surface area (Å²) in [4.78, 5) is 16.0. The van der Waals surface area contributed by atoms with Crippen molar-refractivity contribution in [2.45, 2.75) is 20.5 Å². The van der Waals surface area contributed by atoms with E-state index in [9.17, 15) is 9.18 Å². The Hall–Kier alpha value is -1.95. The Morgan fingerprint density at radius 2 is 2.13 bits per heavy atom. The minimum absolute atomic E-state index is 0.194. The van der Waals surface area contributed by atoms with Crippen LogP contribution in [0.5, 0.6) is 5.75 Å². The van der Waals surface area contributed by atoms with E-state index in [0.717, 1.165) is 5.56 Å². The molecule has 2 aromatic rings. The van der Waals surface area contributed by atoms with Crippen LogP contribution in [-0.4, -0.2) is 17.4 Å². The first-order valence-electron chi connectivity index (χ1n) is 7.26. The molecule has 0 bridgehead atoms. The van der Waals surface area contributed by atoms with Crippen LogP contribution in [-0.2, 0) is 6.61 Å². The maximum Gasteiger partial charge on any atom is 0.269 e. The molecular weight excluding hydrogens is 363 g/mol. The van der Waals surface area contributed by atoms with Crippen LogP contribution in [0.25, 0.3) is 0 Å². The zero-order valence-electron chi connectivity index (χ0n) is 13.0. The van der Waals surface area contributed by atoms with E-state index in [0.29, 0.717) is 28.4 Å². The van der Waals surface area contributed by atoms with E-state index >= 15 is 0 Å². The Morgan fingerprint density at radius 3 is 2.74 bits per heavy atom. The van der Waals surface area contributed by atoms with Gasteiger partial charge in [-0.25, -0.2) is 4.39 Å². The van der Waals surface area contributed by atoms with Gasteiger partial charge in [0.15, 0.2) is 0 Å². The van der Waals surface area contributed by atoms with Crippen LogP contribution in [0.15, 0.2) is 41.0 Å². The molecule has 1 aromatic carbocycles. The lowest BCUT2D eigenvalue weighted by molar-refractivity contribution is 0.0944. The third kappa shape index (κ3) is 5.63. The molecule has 122 valence electrons. The van der Waals surface area contributed by atoms with Gasteiger partial charge in [0.1, 0.15) is 23.9 Å². The number of carbonyl (C=O) groups excluding carboxylic acids is 1. The fourth-order valence-electron chi connectivity index (χ4n) is 1.81. The molecule has 0 aliphatic rings. The summed E-state index contributed by atoms with van der Waals surface area (Å²) in [5.41, 5.74) is 1.16. The number of hydrogen-bond acceptors (Lipinski definition) is 3. The van der Waals surface area contributed by atoms with Gasteiger partial charge in [-0.3, -0.25) is 9.78 Å². The Kier molecular flexibility index (Phi) is 6.10. The van der Waals surface area contributed by atoms with E-state index < -0.39 is 0 Å². The van der Waals surface area contributed by atoms with Gasteiger partial charge < -0.3 is 10.1 Å². The van der Waals surface area contributed by atoms with Crippen molar-refractivity contribution in [3.63, 3.8) is 0 Å². The zero-order chi connectivity index (χ0) is 16.8. The molecule has 4 nitrogen and oxygen atoms in total. The fourth-order valence-corrected chi connectivity index (χ4v) is 2.25. The van der Waals surface area contributed by atoms with Crippen molar-refractivity contribution in [2.24, 2.45) is 5.92 Å². The summed E-state index contributed by atoms with van der Waals surface area (Å²) in [6.07, 6.45) is 1.58. The number of halogens is 2. The summed E-state index contributed by atoms with van der Waals surface area (Å²) < 4.78 is 19.4. The maximum atomic E-state index is 13.3. The van der Waals surface area contributed by atoms with Crippen molar-refractivity contribution >= 4 is 21.8 Å². The molecule has 1 N–H and O–H groups in total. The molecule has 1 heterocycles. The van der Waals surface area contributed by atoms with Crippen molar-refractivity contribution in [2.75, 3.05) is 6.54 Å². The van der Waals surface area contributed by atoms with Gasteiger partial charge in [-0.05, 0) is 24.1 Å². The summed E-state index contributed by atoms with van der Waals surface area (Å²) in [6, 6.07) is 7.77. The molecule has 0 fully saturated rings. The molecule has 1 amide bonds. The highest BCUT2D eigenvalue weighted by Gasteiger charge is 2.08. The molecule has 0 saturated carbocycles. The van der Waals surface area contributed by atoms with Crippen LogP contribution in [0.3, 0.4) is 0 Å². The van der Waals surface area contributed by atoms with Crippen LogP contribution < -0.4 is 10.1 Å². The predicted octanol–water partition coefficient (Wildman–Crippen LogP) is 3.95. The standard InChI is InChI=1S/C17H18BrFN2O2/c1-11(2)8-21-17(22)16-4-3-12(9-20-16)10-23-15-6-13(18)5-14(19)7-15/h3-7,9,11H,8,10H2,1-2H3,(H,21,22). The van der Waals surface area contributed by atoms with Gasteiger partial charge in [-0.1, -0.05) is 35.8 Å². The molecule has 0 aliphatic heterocycles. The number of nitrogens with one attached hydrogen (secondary N) is 1. The first-order valence-corrected chi connectivity index (χ1v) is 8.05. The molecule has 0 aliphatic carbocycles. The minimum Gasteiger partial charge on any atom is -0.489 e. The van der Waals surface area contributed by atoms with Crippen molar-refractivity contribution in [3.8, 4) is 5.75 Å². The molecule has 6 heteroatoms. The lowest BCUT2D eigenvalue weighted by atomic mass is 10.2. The molecular formula is C17H18BrFN2O2. The second-order valence-electron chi connectivity index (χ2n) is 5.55. The van der Waals surface area contributed by atoms with Gasteiger partial charge in [-0.2, -0.15) is 0 Å². The summed E-state index contributed by atoms with van der Waals surface area (Å²) in [7, 11) is 0. The molecule has 23 heavy (non-hydrogen) atoms. The van der Waals surface area contributed by atoms with E-state index in [1.54, 1.807) is 24.4 Å². The first-order chi connectivity index (χ1) is 10.9. The van der Waals surface area contributed by atoms with E-state index in [2.05, 4.69) is 26.2 Å². The van der Waals surface area contributed by atoms with Gasteiger partial charge in [-0.15, -0.1) is 0 Å². The predicted molar refractivity (Wildman–Crippen MR) is 89.8 cm³/mol. The normalized spacial score (nSPS) is 10.7. The quantitative estimate of drug-likeness (QED) is 0.825. The van der Waals surface area contributed by atoms with Gasteiger partial charge in [0.2, 0.25) is 0 Å². The number of aromatic nitrogens is 1. The zero-order valence-corrected chi connectivity index (χ0v) is 14.6. The number of carbonyl (C=O) groups is 1. The largest absolute Gasteiger partial charge is 0.489 e. The lowest BCUT2D eigenvalue weighted by Gasteiger charge is -2.09. The van der Waals surface area contributed by atoms with Gasteiger partial charge in [0.25, 0.3) is 5.91 Å². The van der Waals surface area contributed by atoms with Gasteiger partial charge in [0, 0.05) is 28.8 Å². The summed E-state index contributed by atoms with van der Waals surface area (Å²) in [5.74, 6) is 0.248. The highest BCUT2D eigenvalue weighted by Crippen LogP contribution is 2.21. The number of benzene rings is 1. The average molecular weight is 381 g/mol. The van der Waals surface area contributed by atoms with Crippen LogP contribution in [0.2, 0.25) is 0 Å². The lowest BCUT2D eigenvalue weighted by Crippen LogP contribution is -2.28. The number of nitrogens with zero attached hydrogens (tertiary/aromatic N) is 1. The first kappa shape index (κ1) is 17.4. The number of pyridine rings is 1. The van der Waals surface area contributed by atoms with Crippen LogP contribution in [0.4, 0.5) is 4.39 Å². The molecule has 0 spiro atoms. The Morgan fingerprint density at radius 1 is 1.35 bits per heavy atom. The molecule has 0 saturated heterocycles.